The van der Waals surface area contributed by atoms with E-state index < -0.39 is 11.4 Å². The Kier molecular flexibility index (Phi) is 6.85. The standard InChI is InChI=1S/C24H27FO3/c1-3-4-5-6-7-8-9-17-10-12-18(13-11-17)21-16-19-14-15-20(27-2)23(25)22(19)24(26)28-21/h10-16H,3-9H2,1-2H3. The van der Waals surface area contributed by atoms with Crippen LogP contribution in [-0.4, -0.2) is 7.11 Å². The molecular formula is C24H27FO3. The van der Waals surface area contributed by atoms with E-state index in [0.717, 1.165) is 12.0 Å². The van der Waals surface area contributed by atoms with Gasteiger partial charge in [-0.3, -0.25) is 0 Å². The summed E-state index contributed by atoms with van der Waals surface area (Å²) in [4.78, 5) is 12.3. The quantitative estimate of drug-likeness (QED) is 0.396. The summed E-state index contributed by atoms with van der Waals surface area (Å²) in [6.07, 6.45) is 8.72. The van der Waals surface area contributed by atoms with Gasteiger partial charge in [0.25, 0.3) is 0 Å². The highest BCUT2D eigenvalue weighted by molar-refractivity contribution is 5.86. The molecule has 3 aromatic rings. The highest BCUT2D eigenvalue weighted by Crippen LogP contribution is 2.28. The molecule has 0 aliphatic heterocycles. The molecule has 0 saturated heterocycles. The van der Waals surface area contributed by atoms with Gasteiger partial charge in [-0.1, -0.05) is 69.4 Å². The lowest BCUT2D eigenvalue weighted by atomic mass is 10.0. The zero-order valence-corrected chi connectivity index (χ0v) is 16.6. The number of hydrogen-bond acceptors (Lipinski definition) is 3. The second-order valence-electron chi connectivity index (χ2n) is 7.16. The van der Waals surface area contributed by atoms with Crippen LogP contribution in [0.3, 0.4) is 0 Å². The molecular weight excluding hydrogens is 355 g/mol. The van der Waals surface area contributed by atoms with Crippen molar-refractivity contribution in [3.8, 4) is 17.1 Å². The Morgan fingerprint density at radius 1 is 0.964 bits per heavy atom. The predicted molar refractivity (Wildman–Crippen MR) is 112 cm³/mol. The van der Waals surface area contributed by atoms with Crippen LogP contribution in [-0.2, 0) is 6.42 Å². The molecule has 1 aromatic heterocycles. The second-order valence-corrected chi connectivity index (χ2v) is 7.16. The van der Waals surface area contributed by atoms with Crippen molar-refractivity contribution in [1.82, 2.24) is 0 Å². The van der Waals surface area contributed by atoms with Crippen LogP contribution >= 0.6 is 0 Å². The molecule has 0 radical (unpaired) electrons. The third-order valence-corrected chi connectivity index (χ3v) is 5.11. The number of hydrogen-bond donors (Lipinski definition) is 0. The van der Waals surface area contributed by atoms with E-state index >= 15 is 0 Å². The van der Waals surface area contributed by atoms with Crippen LogP contribution in [0, 0.1) is 5.82 Å². The molecule has 0 aliphatic carbocycles. The number of aryl methyl sites for hydroxylation is 1. The zero-order valence-electron chi connectivity index (χ0n) is 16.6. The number of unbranched alkanes of at least 4 members (excludes halogenated alkanes) is 5. The lowest BCUT2D eigenvalue weighted by molar-refractivity contribution is 0.388. The summed E-state index contributed by atoms with van der Waals surface area (Å²) < 4.78 is 24.7. The summed E-state index contributed by atoms with van der Waals surface area (Å²) in [5.74, 6) is -0.214. The first-order valence-corrected chi connectivity index (χ1v) is 10.0. The van der Waals surface area contributed by atoms with Gasteiger partial charge in [0.1, 0.15) is 11.1 Å². The van der Waals surface area contributed by atoms with Crippen molar-refractivity contribution in [3.05, 3.63) is 64.3 Å². The molecule has 0 saturated carbocycles. The lowest BCUT2D eigenvalue weighted by Gasteiger charge is -2.07. The summed E-state index contributed by atoms with van der Waals surface area (Å²) in [5, 5.41) is 0.420. The topological polar surface area (TPSA) is 39.4 Å². The molecule has 0 fully saturated rings. The highest BCUT2D eigenvalue weighted by atomic mass is 19.1. The van der Waals surface area contributed by atoms with Gasteiger partial charge in [-0.25, -0.2) is 9.18 Å². The van der Waals surface area contributed by atoms with Gasteiger partial charge < -0.3 is 9.15 Å². The van der Waals surface area contributed by atoms with E-state index in [9.17, 15) is 9.18 Å². The van der Waals surface area contributed by atoms with Crippen LogP contribution < -0.4 is 10.4 Å². The van der Waals surface area contributed by atoms with Crippen LogP contribution in [0.2, 0.25) is 0 Å². The Hall–Kier alpha value is -2.62. The smallest absolute Gasteiger partial charge is 0.347 e. The van der Waals surface area contributed by atoms with Crippen LogP contribution in [0.4, 0.5) is 4.39 Å². The molecule has 0 aliphatic rings. The molecule has 0 N–H and O–H groups in total. The summed E-state index contributed by atoms with van der Waals surface area (Å²) in [6, 6.07) is 12.9. The number of benzene rings is 2. The van der Waals surface area contributed by atoms with Gasteiger partial charge in [-0.15, -0.1) is 0 Å². The van der Waals surface area contributed by atoms with E-state index in [1.54, 1.807) is 12.1 Å². The fourth-order valence-electron chi connectivity index (χ4n) is 3.47. The number of methoxy groups -OCH3 is 1. The first-order valence-electron chi connectivity index (χ1n) is 10.0. The van der Waals surface area contributed by atoms with Crippen molar-refractivity contribution in [2.75, 3.05) is 7.11 Å². The highest BCUT2D eigenvalue weighted by Gasteiger charge is 2.14. The van der Waals surface area contributed by atoms with Gasteiger partial charge in [-0.2, -0.15) is 0 Å². The third-order valence-electron chi connectivity index (χ3n) is 5.11. The molecule has 3 nitrogen and oxygen atoms in total. The molecule has 0 spiro atoms. The fraction of sp³-hybridized carbons (Fsp3) is 0.375. The molecule has 3 rings (SSSR count). The monoisotopic (exact) mass is 382 g/mol. The molecule has 0 bridgehead atoms. The maximum absolute atomic E-state index is 14.3. The average Bonchev–Trinajstić information content (AvgIpc) is 2.71. The average molecular weight is 382 g/mol. The van der Waals surface area contributed by atoms with Gasteiger partial charge in [0.2, 0.25) is 0 Å². The van der Waals surface area contributed by atoms with Gasteiger partial charge >= 0.3 is 5.63 Å². The first kappa shape index (κ1) is 20.1. The summed E-state index contributed by atoms with van der Waals surface area (Å²) >= 11 is 0. The number of ether oxygens (including phenoxy) is 1. The Bertz CT molecular complexity index is 974. The summed E-state index contributed by atoms with van der Waals surface area (Å²) in [7, 11) is 1.37. The second kappa shape index (κ2) is 9.54. The van der Waals surface area contributed by atoms with Crippen molar-refractivity contribution in [1.29, 1.82) is 0 Å². The first-order chi connectivity index (χ1) is 13.6. The minimum absolute atomic E-state index is 0.0339. The van der Waals surface area contributed by atoms with E-state index in [0.29, 0.717) is 11.1 Å². The zero-order chi connectivity index (χ0) is 19.9. The summed E-state index contributed by atoms with van der Waals surface area (Å²) in [6.45, 7) is 2.23. The minimum atomic E-state index is -0.694. The van der Waals surface area contributed by atoms with E-state index in [1.807, 2.05) is 12.1 Å². The predicted octanol–water partition coefficient (Wildman–Crippen LogP) is 6.51. The molecule has 4 heteroatoms. The molecule has 148 valence electrons. The Labute approximate surface area is 165 Å². The SMILES string of the molecule is CCCCCCCCc1ccc(-c2cc3ccc(OC)c(F)c3c(=O)o2)cc1. The van der Waals surface area contributed by atoms with Crippen LogP contribution in [0.5, 0.6) is 5.75 Å². The van der Waals surface area contributed by atoms with Gasteiger partial charge in [0.15, 0.2) is 11.6 Å². The Balaban J connectivity index is 1.73. The number of rotatable bonds is 9. The largest absolute Gasteiger partial charge is 0.494 e. The lowest BCUT2D eigenvalue weighted by Crippen LogP contribution is -2.04. The van der Waals surface area contributed by atoms with Crippen molar-refractivity contribution in [3.63, 3.8) is 0 Å². The molecule has 0 unspecified atom stereocenters. The molecule has 28 heavy (non-hydrogen) atoms. The fourth-order valence-corrected chi connectivity index (χ4v) is 3.47. The van der Waals surface area contributed by atoms with Gasteiger partial charge in [-0.05, 0) is 35.9 Å². The van der Waals surface area contributed by atoms with E-state index in [-0.39, 0.29) is 11.1 Å². The van der Waals surface area contributed by atoms with Crippen molar-refractivity contribution in [2.24, 2.45) is 0 Å². The molecule has 0 amide bonds. The molecule has 1 heterocycles. The Morgan fingerprint density at radius 3 is 2.39 bits per heavy atom. The van der Waals surface area contributed by atoms with Crippen LogP contribution in [0.15, 0.2) is 51.7 Å². The van der Waals surface area contributed by atoms with Crippen molar-refractivity contribution in [2.45, 2.75) is 51.9 Å². The van der Waals surface area contributed by atoms with E-state index in [1.165, 1.54) is 57.3 Å². The number of fused-ring (bicyclic) bond motifs is 1. The van der Waals surface area contributed by atoms with Crippen molar-refractivity contribution < 1.29 is 13.5 Å². The van der Waals surface area contributed by atoms with E-state index in [2.05, 4.69) is 19.1 Å². The van der Waals surface area contributed by atoms with Crippen molar-refractivity contribution >= 4 is 10.8 Å². The van der Waals surface area contributed by atoms with Crippen LogP contribution in [0.1, 0.15) is 51.0 Å². The maximum atomic E-state index is 14.3. The molecule has 2 aromatic carbocycles. The number of halogens is 1. The minimum Gasteiger partial charge on any atom is -0.494 e. The summed E-state index contributed by atoms with van der Waals surface area (Å²) in [5.41, 5.74) is 1.39. The maximum Gasteiger partial charge on any atom is 0.347 e. The molecule has 0 atom stereocenters. The third kappa shape index (κ3) is 4.61. The van der Waals surface area contributed by atoms with Crippen LogP contribution in [0.25, 0.3) is 22.1 Å². The Morgan fingerprint density at radius 2 is 1.68 bits per heavy atom. The van der Waals surface area contributed by atoms with Gasteiger partial charge in [0.05, 0.1) is 7.11 Å². The van der Waals surface area contributed by atoms with E-state index in [4.69, 9.17) is 9.15 Å². The van der Waals surface area contributed by atoms with Gasteiger partial charge in [0, 0.05) is 5.56 Å². The normalized spacial score (nSPS) is 11.1.